The lowest BCUT2D eigenvalue weighted by Crippen LogP contribution is -2.64. The van der Waals surface area contributed by atoms with Crippen molar-refractivity contribution in [2.45, 2.75) is 37.1 Å². The maximum atomic E-state index is 10.6. The van der Waals surface area contributed by atoms with Gasteiger partial charge >= 0.3 is 36.4 Å². The normalized spacial score (nSPS) is 17.0. The number of nitrogens with zero attached hydrogens (tertiary/aromatic N) is 3. The van der Waals surface area contributed by atoms with E-state index >= 15 is 0 Å². The zero-order valence-corrected chi connectivity index (χ0v) is 24.2. The van der Waals surface area contributed by atoms with E-state index in [9.17, 15) is 39.5 Å². The molecule has 2 aliphatic heterocycles. The zero-order chi connectivity index (χ0) is 36.3. The molecule has 0 saturated carbocycles. The number of para-hydroxylation sites is 1. The minimum absolute atomic E-state index is 0.0565. The minimum atomic E-state index is -5.08. The van der Waals surface area contributed by atoms with Gasteiger partial charge in [-0.1, -0.05) is 24.3 Å². The van der Waals surface area contributed by atoms with Gasteiger partial charge in [0.05, 0.1) is 29.6 Å². The van der Waals surface area contributed by atoms with E-state index in [0.29, 0.717) is 12.5 Å². The Balaban J connectivity index is 0.000000313. The Kier molecular flexibility index (Phi) is 13.5. The maximum Gasteiger partial charge on any atom is 0.490 e. The molecule has 2 aromatic heterocycles. The molecule has 0 amide bonds. The number of alkyl halides is 9. The number of benzene rings is 1. The first-order valence-electron chi connectivity index (χ1n) is 13.3. The van der Waals surface area contributed by atoms with Crippen LogP contribution in [0.3, 0.4) is 0 Å². The van der Waals surface area contributed by atoms with Crippen LogP contribution in [0.25, 0.3) is 10.9 Å². The molecule has 1 spiro atoms. The summed E-state index contributed by atoms with van der Waals surface area (Å²) in [5.74, 6) is -7.01. The Morgan fingerprint density at radius 1 is 0.833 bits per heavy atom. The highest BCUT2D eigenvalue weighted by Gasteiger charge is 2.53. The van der Waals surface area contributed by atoms with Crippen LogP contribution < -0.4 is 4.74 Å². The molecule has 1 aromatic carbocycles. The average molecular weight is 704 g/mol. The van der Waals surface area contributed by atoms with Crippen molar-refractivity contribution in [2.24, 2.45) is 5.92 Å². The summed E-state index contributed by atoms with van der Waals surface area (Å²) in [5, 5.41) is 22.6. The maximum absolute atomic E-state index is 10.6. The third kappa shape index (κ3) is 12.5. The number of aromatic nitrogens is 2. The molecule has 5 rings (SSSR count). The van der Waals surface area contributed by atoms with E-state index in [1.165, 1.54) is 5.39 Å². The van der Waals surface area contributed by atoms with Gasteiger partial charge in [-0.25, -0.2) is 14.4 Å². The van der Waals surface area contributed by atoms with Gasteiger partial charge < -0.3 is 24.8 Å². The Bertz CT molecular complexity index is 1460. The molecule has 2 aliphatic rings. The first-order chi connectivity index (χ1) is 22.1. The molecule has 4 heterocycles. The number of ether oxygens (including phenoxy) is 2. The fourth-order valence-electron chi connectivity index (χ4n) is 4.25. The van der Waals surface area contributed by atoms with Gasteiger partial charge in [0, 0.05) is 43.7 Å². The Hall–Kier alpha value is -4.72. The quantitative estimate of drug-likeness (QED) is 0.300. The van der Waals surface area contributed by atoms with Crippen LogP contribution in [0, 0.1) is 5.92 Å². The summed E-state index contributed by atoms with van der Waals surface area (Å²) < 4.78 is 107. The fourth-order valence-corrected chi connectivity index (χ4v) is 4.25. The summed E-state index contributed by atoms with van der Waals surface area (Å²) in [4.78, 5) is 38.0. The molecule has 3 aromatic rings. The Morgan fingerprint density at radius 2 is 1.38 bits per heavy atom. The number of halogens is 9. The van der Waals surface area contributed by atoms with E-state index in [4.69, 9.17) is 44.2 Å². The number of likely N-dealkylation sites (tertiary alicyclic amines) is 1. The third-order valence-corrected chi connectivity index (χ3v) is 6.44. The van der Waals surface area contributed by atoms with Crippen LogP contribution in [-0.2, 0) is 25.7 Å². The van der Waals surface area contributed by atoms with Crippen LogP contribution in [0.4, 0.5) is 39.5 Å². The van der Waals surface area contributed by atoms with Crippen molar-refractivity contribution in [3.8, 4) is 5.75 Å². The average Bonchev–Trinajstić information content (AvgIpc) is 3.40. The summed E-state index contributed by atoms with van der Waals surface area (Å²) in [6, 6.07) is 16.4. The van der Waals surface area contributed by atoms with Crippen LogP contribution in [0.2, 0.25) is 0 Å². The van der Waals surface area contributed by atoms with E-state index in [2.05, 4.69) is 34.1 Å². The predicted octanol–water partition coefficient (Wildman–Crippen LogP) is 5.20. The molecule has 20 heteroatoms. The third-order valence-electron chi connectivity index (χ3n) is 6.44. The standard InChI is InChI=1S/C22H23N3O2.3C2HF3O2/c1-2-6-21-17(4-1)7-8-19(24-21)13-25-15-22(16-25)18(9-11-27-22)14-26-20-5-3-10-23-12-20;3*3-2(4,5)1(6)7/h1-8,10,12,18H,9,11,13-16H2;3*(H,6,7). The van der Waals surface area contributed by atoms with Crippen molar-refractivity contribution < 1.29 is 78.7 Å². The molecule has 2 fully saturated rings. The molecule has 0 bridgehead atoms. The summed E-state index contributed by atoms with van der Waals surface area (Å²) in [6.45, 7) is 4.27. The van der Waals surface area contributed by atoms with Gasteiger partial charge in [-0.15, -0.1) is 0 Å². The summed E-state index contributed by atoms with van der Waals surface area (Å²) in [5.41, 5.74) is 2.12. The SMILES string of the molecule is O=C(O)C(F)(F)F.O=C(O)C(F)(F)F.O=C(O)C(F)(F)F.c1cncc(OCC2CCOC23CN(Cc2ccc4ccccc4n2)C3)c1. The van der Waals surface area contributed by atoms with Gasteiger partial charge in [0.1, 0.15) is 5.75 Å². The van der Waals surface area contributed by atoms with E-state index in [1.54, 1.807) is 12.4 Å². The predicted molar refractivity (Wildman–Crippen MR) is 145 cm³/mol. The van der Waals surface area contributed by atoms with Crippen molar-refractivity contribution in [1.82, 2.24) is 14.9 Å². The number of carbonyl (C=O) groups is 3. The van der Waals surface area contributed by atoms with Crippen molar-refractivity contribution >= 4 is 28.8 Å². The van der Waals surface area contributed by atoms with Crippen LogP contribution in [-0.4, -0.2) is 98.5 Å². The number of rotatable bonds is 5. The van der Waals surface area contributed by atoms with E-state index < -0.39 is 36.4 Å². The highest BCUT2D eigenvalue weighted by molar-refractivity contribution is 5.78. The van der Waals surface area contributed by atoms with Crippen molar-refractivity contribution in [3.63, 3.8) is 0 Å². The minimum Gasteiger partial charge on any atom is -0.492 e. The second kappa shape index (κ2) is 16.4. The van der Waals surface area contributed by atoms with Gasteiger partial charge in [0.15, 0.2) is 0 Å². The van der Waals surface area contributed by atoms with Crippen LogP contribution >= 0.6 is 0 Å². The van der Waals surface area contributed by atoms with Gasteiger partial charge in [0.25, 0.3) is 0 Å². The molecular formula is C28H26F9N3O8. The van der Waals surface area contributed by atoms with Gasteiger partial charge in [-0.05, 0) is 30.7 Å². The lowest BCUT2D eigenvalue weighted by Gasteiger charge is -2.50. The smallest absolute Gasteiger partial charge is 0.490 e. The number of aliphatic carboxylic acids is 3. The molecule has 11 nitrogen and oxygen atoms in total. The first-order valence-corrected chi connectivity index (χ1v) is 13.3. The number of carboxylic acids is 3. The van der Waals surface area contributed by atoms with Crippen molar-refractivity contribution in [2.75, 3.05) is 26.3 Å². The molecule has 48 heavy (non-hydrogen) atoms. The van der Waals surface area contributed by atoms with E-state index in [0.717, 1.165) is 49.6 Å². The number of pyridine rings is 2. The van der Waals surface area contributed by atoms with Crippen LogP contribution in [0.15, 0.2) is 60.9 Å². The lowest BCUT2D eigenvalue weighted by molar-refractivity contribution is -0.193. The second-order valence-electron chi connectivity index (χ2n) is 9.95. The summed E-state index contributed by atoms with van der Waals surface area (Å²) in [6.07, 6.45) is -10.7. The molecule has 0 radical (unpaired) electrons. The van der Waals surface area contributed by atoms with E-state index in [-0.39, 0.29) is 5.60 Å². The zero-order valence-electron chi connectivity index (χ0n) is 24.2. The lowest BCUT2D eigenvalue weighted by atomic mass is 9.81. The summed E-state index contributed by atoms with van der Waals surface area (Å²) >= 11 is 0. The van der Waals surface area contributed by atoms with Gasteiger partial charge in [-0.2, -0.15) is 39.5 Å². The highest BCUT2D eigenvalue weighted by atomic mass is 19.4. The molecule has 0 aliphatic carbocycles. The van der Waals surface area contributed by atoms with Crippen LogP contribution in [0.1, 0.15) is 12.1 Å². The molecule has 2 saturated heterocycles. The highest BCUT2D eigenvalue weighted by Crippen LogP contribution is 2.40. The number of hydrogen-bond donors (Lipinski definition) is 3. The Labute approximate surface area is 264 Å². The second-order valence-corrected chi connectivity index (χ2v) is 9.95. The van der Waals surface area contributed by atoms with Gasteiger partial charge in [-0.3, -0.25) is 14.9 Å². The van der Waals surface area contributed by atoms with Crippen molar-refractivity contribution in [3.05, 3.63) is 66.6 Å². The summed E-state index contributed by atoms with van der Waals surface area (Å²) in [7, 11) is 0. The molecule has 264 valence electrons. The Morgan fingerprint density at radius 3 is 1.88 bits per heavy atom. The first kappa shape index (κ1) is 39.5. The monoisotopic (exact) mass is 703 g/mol. The number of fused-ring (bicyclic) bond motifs is 1. The molecular weight excluding hydrogens is 677 g/mol. The number of carboxylic acid groups (broad SMARTS) is 3. The van der Waals surface area contributed by atoms with Crippen LogP contribution in [0.5, 0.6) is 5.75 Å². The van der Waals surface area contributed by atoms with Gasteiger partial charge in [0.2, 0.25) is 0 Å². The fraction of sp³-hybridized carbons (Fsp3) is 0.393. The topological polar surface area (TPSA) is 159 Å². The molecule has 1 unspecified atom stereocenters. The van der Waals surface area contributed by atoms with E-state index in [1.807, 2.05) is 24.3 Å². The molecule has 1 atom stereocenters. The van der Waals surface area contributed by atoms with Crippen molar-refractivity contribution in [1.29, 1.82) is 0 Å². The largest absolute Gasteiger partial charge is 0.492 e. The number of hydrogen-bond acceptors (Lipinski definition) is 8. The molecule has 3 N–H and O–H groups in total.